The minimum absolute atomic E-state index is 0.0626. The molecular formula is C26H26N4O5. The molecule has 1 fully saturated rings. The normalized spacial score (nSPS) is 18.9. The van der Waals surface area contributed by atoms with Gasteiger partial charge in [-0.1, -0.05) is 36.4 Å². The Kier molecular flexibility index (Phi) is 5.76. The number of fused-ring (bicyclic) bond motifs is 1. The van der Waals surface area contributed by atoms with Gasteiger partial charge in [-0.3, -0.25) is 24.0 Å². The number of rotatable bonds is 7. The number of hydrogen-bond donors (Lipinski definition) is 0. The van der Waals surface area contributed by atoms with Crippen molar-refractivity contribution in [3.8, 4) is 11.5 Å². The third-order valence-corrected chi connectivity index (χ3v) is 6.57. The molecule has 3 heterocycles. The van der Waals surface area contributed by atoms with E-state index in [9.17, 15) is 14.4 Å². The van der Waals surface area contributed by atoms with Gasteiger partial charge in [0.25, 0.3) is 0 Å². The van der Waals surface area contributed by atoms with Crippen molar-refractivity contribution in [2.45, 2.75) is 31.3 Å². The maximum Gasteiger partial charge on any atom is 0.241 e. The van der Waals surface area contributed by atoms with Crippen LogP contribution in [0.25, 0.3) is 0 Å². The molecule has 0 spiro atoms. The van der Waals surface area contributed by atoms with Gasteiger partial charge in [-0.2, -0.15) is 5.10 Å². The first-order chi connectivity index (χ1) is 16.9. The summed E-state index contributed by atoms with van der Waals surface area (Å²) in [6, 6.07) is 14.5. The second kappa shape index (κ2) is 8.90. The van der Waals surface area contributed by atoms with Crippen LogP contribution in [0.5, 0.6) is 11.5 Å². The van der Waals surface area contributed by atoms with Crippen LogP contribution in [0.4, 0.5) is 0 Å². The average molecular weight is 475 g/mol. The lowest BCUT2D eigenvalue weighted by molar-refractivity contribution is -0.143. The molecule has 0 saturated carbocycles. The maximum atomic E-state index is 13.9. The predicted octanol–water partition coefficient (Wildman–Crippen LogP) is 2.39. The molecule has 5 rings (SSSR count). The van der Waals surface area contributed by atoms with Crippen molar-refractivity contribution < 1.29 is 23.9 Å². The molecular weight excluding hydrogens is 448 g/mol. The molecule has 0 aliphatic carbocycles. The van der Waals surface area contributed by atoms with E-state index in [4.69, 9.17) is 9.47 Å². The fourth-order valence-electron chi connectivity index (χ4n) is 4.71. The number of carbonyl (C=O) groups is 3. The van der Waals surface area contributed by atoms with Crippen molar-refractivity contribution in [3.05, 3.63) is 77.6 Å². The van der Waals surface area contributed by atoms with Gasteiger partial charge in [-0.15, -0.1) is 0 Å². The van der Waals surface area contributed by atoms with Crippen molar-refractivity contribution in [1.29, 1.82) is 0 Å². The summed E-state index contributed by atoms with van der Waals surface area (Å²) in [6.45, 7) is 0.606. The molecule has 0 N–H and O–H groups in total. The van der Waals surface area contributed by atoms with E-state index in [0.717, 1.165) is 11.1 Å². The number of aromatic nitrogens is 2. The van der Waals surface area contributed by atoms with Gasteiger partial charge in [0.15, 0.2) is 11.5 Å². The van der Waals surface area contributed by atoms with Crippen LogP contribution in [-0.4, -0.2) is 51.1 Å². The third kappa shape index (κ3) is 4.25. The molecule has 1 saturated heterocycles. The highest BCUT2D eigenvalue weighted by Crippen LogP contribution is 2.41. The number of amides is 3. The average Bonchev–Trinajstić information content (AvgIpc) is 3.54. The molecule has 2 aliphatic heterocycles. The molecule has 0 unspecified atom stereocenters. The number of ether oxygens (including phenoxy) is 2. The highest BCUT2D eigenvalue weighted by Gasteiger charge is 2.54. The Labute approximate surface area is 202 Å². The van der Waals surface area contributed by atoms with Gasteiger partial charge >= 0.3 is 0 Å². The fourth-order valence-corrected chi connectivity index (χ4v) is 4.71. The van der Waals surface area contributed by atoms with Crippen LogP contribution in [0.1, 0.15) is 29.5 Å². The van der Waals surface area contributed by atoms with Gasteiger partial charge in [-0.05, 0) is 23.3 Å². The Morgan fingerprint density at radius 3 is 2.60 bits per heavy atom. The fraction of sp³-hybridized carbons (Fsp3) is 0.308. The van der Waals surface area contributed by atoms with E-state index in [-0.39, 0.29) is 43.9 Å². The van der Waals surface area contributed by atoms with E-state index in [1.165, 1.54) is 4.90 Å². The summed E-state index contributed by atoms with van der Waals surface area (Å²) in [6.07, 6.45) is 3.38. The molecule has 1 aromatic heterocycles. The lowest BCUT2D eigenvalue weighted by Crippen LogP contribution is -2.42. The van der Waals surface area contributed by atoms with Crippen LogP contribution >= 0.6 is 0 Å². The molecule has 3 aromatic rings. The Balaban J connectivity index is 1.41. The van der Waals surface area contributed by atoms with E-state index in [1.807, 2.05) is 49.6 Å². The SMILES string of the molecule is CN(Cc1cnn(C)c1)C(=O)C[C@]1(c2ccccc2)CC(=O)N(Cc2ccc3c(c2)OCO3)C1=O. The summed E-state index contributed by atoms with van der Waals surface area (Å²) in [5.41, 5.74) is 1.04. The number of likely N-dealkylation sites (tertiary alicyclic amines) is 1. The van der Waals surface area contributed by atoms with Crippen molar-refractivity contribution in [2.75, 3.05) is 13.8 Å². The first-order valence-electron chi connectivity index (χ1n) is 11.4. The summed E-state index contributed by atoms with van der Waals surface area (Å²) in [5, 5.41) is 4.14. The summed E-state index contributed by atoms with van der Waals surface area (Å²) >= 11 is 0. The van der Waals surface area contributed by atoms with Crippen molar-refractivity contribution >= 4 is 17.7 Å². The minimum Gasteiger partial charge on any atom is -0.454 e. The quantitative estimate of drug-likeness (QED) is 0.488. The van der Waals surface area contributed by atoms with E-state index in [2.05, 4.69) is 5.10 Å². The van der Waals surface area contributed by atoms with E-state index in [0.29, 0.717) is 23.6 Å². The van der Waals surface area contributed by atoms with Crippen LogP contribution in [0.3, 0.4) is 0 Å². The van der Waals surface area contributed by atoms with Crippen LogP contribution in [0.15, 0.2) is 60.9 Å². The Bertz CT molecular complexity index is 1290. The highest BCUT2D eigenvalue weighted by atomic mass is 16.7. The number of hydrogen-bond acceptors (Lipinski definition) is 6. The summed E-state index contributed by atoms with van der Waals surface area (Å²) < 4.78 is 12.5. The Morgan fingerprint density at radius 2 is 1.86 bits per heavy atom. The first-order valence-corrected chi connectivity index (χ1v) is 11.4. The molecule has 9 nitrogen and oxygen atoms in total. The monoisotopic (exact) mass is 474 g/mol. The van der Waals surface area contributed by atoms with Crippen LogP contribution in [-0.2, 0) is 39.9 Å². The number of imide groups is 1. The molecule has 1 atom stereocenters. The number of nitrogens with zero attached hydrogens (tertiary/aromatic N) is 4. The Hall–Kier alpha value is -4.14. The van der Waals surface area contributed by atoms with Crippen molar-refractivity contribution in [1.82, 2.24) is 19.6 Å². The molecule has 9 heteroatoms. The molecule has 35 heavy (non-hydrogen) atoms. The second-order valence-electron chi connectivity index (χ2n) is 9.05. The topological polar surface area (TPSA) is 94.0 Å². The first kappa shape index (κ1) is 22.6. The smallest absolute Gasteiger partial charge is 0.241 e. The lowest BCUT2D eigenvalue weighted by atomic mass is 9.75. The summed E-state index contributed by atoms with van der Waals surface area (Å²) in [5.74, 6) is 0.328. The largest absolute Gasteiger partial charge is 0.454 e. The summed E-state index contributed by atoms with van der Waals surface area (Å²) in [4.78, 5) is 43.2. The molecule has 3 amide bonds. The predicted molar refractivity (Wildman–Crippen MR) is 125 cm³/mol. The highest BCUT2D eigenvalue weighted by molar-refractivity contribution is 6.10. The van der Waals surface area contributed by atoms with E-state index in [1.54, 1.807) is 35.0 Å². The van der Waals surface area contributed by atoms with E-state index < -0.39 is 5.41 Å². The van der Waals surface area contributed by atoms with Gasteiger partial charge in [0.05, 0.1) is 18.2 Å². The standard InChI is InChI=1S/C26H26N4O5/c1-28(14-19-13-27-29(2)15-19)23(31)11-26(20-6-4-3-5-7-20)12-24(32)30(25(26)33)16-18-8-9-21-22(10-18)35-17-34-21/h3-10,13,15H,11-12,14,16-17H2,1-2H3/t26-/m1/s1. The third-order valence-electron chi connectivity index (χ3n) is 6.57. The van der Waals surface area contributed by atoms with Gasteiger partial charge in [0, 0.05) is 45.2 Å². The van der Waals surface area contributed by atoms with Gasteiger partial charge in [-0.25, -0.2) is 0 Å². The number of aryl methyl sites for hydroxylation is 1. The number of carbonyl (C=O) groups excluding carboxylic acids is 3. The van der Waals surface area contributed by atoms with Crippen LogP contribution in [0, 0.1) is 0 Å². The molecule has 0 radical (unpaired) electrons. The van der Waals surface area contributed by atoms with Crippen LogP contribution < -0.4 is 9.47 Å². The molecule has 0 bridgehead atoms. The lowest BCUT2D eigenvalue weighted by Gasteiger charge is -2.29. The minimum atomic E-state index is -1.25. The maximum absolute atomic E-state index is 13.9. The number of benzene rings is 2. The van der Waals surface area contributed by atoms with Gasteiger partial charge in [0.1, 0.15) is 0 Å². The van der Waals surface area contributed by atoms with Gasteiger partial charge < -0.3 is 14.4 Å². The molecule has 180 valence electrons. The van der Waals surface area contributed by atoms with Crippen molar-refractivity contribution in [2.24, 2.45) is 7.05 Å². The second-order valence-corrected chi connectivity index (χ2v) is 9.05. The van der Waals surface area contributed by atoms with E-state index >= 15 is 0 Å². The van der Waals surface area contributed by atoms with Crippen LogP contribution in [0.2, 0.25) is 0 Å². The van der Waals surface area contributed by atoms with Crippen molar-refractivity contribution in [3.63, 3.8) is 0 Å². The zero-order valence-electron chi connectivity index (χ0n) is 19.6. The zero-order valence-corrected chi connectivity index (χ0v) is 19.6. The Morgan fingerprint density at radius 1 is 1.09 bits per heavy atom. The zero-order chi connectivity index (χ0) is 24.6. The molecule has 2 aromatic carbocycles. The summed E-state index contributed by atoms with van der Waals surface area (Å²) in [7, 11) is 3.51. The molecule has 2 aliphatic rings. The van der Waals surface area contributed by atoms with Gasteiger partial charge in [0.2, 0.25) is 24.5 Å².